The molecule has 0 spiro atoms. The smallest absolute Gasteiger partial charge is 0.289 e. The van der Waals surface area contributed by atoms with Crippen molar-refractivity contribution in [3.8, 4) is 22.8 Å². The Morgan fingerprint density at radius 2 is 1.90 bits per heavy atom. The van der Waals surface area contributed by atoms with Crippen LogP contribution in [0.2, 0.25) is 0 Å². The van der Waals surface area contributed by atoms with Crippen molar-refractivity contribution in [3.05, 3.63) is 78.0 Å². The van der Waals surface area contributed by atoms with Gasteiger partial charge in [-0.3, -0.25) is 9.89 Å². The molecule has 7 heteroatoms. The Morgan fingerprint density at radius 1 is 1.03 bits per heavy atom. The number of hydrogen-bond donors (Lipinski definition) is 2. The van der Waals surface area contributed by atoms with Crippen molar-refractivity contribution in [2.45, 2.75) is 0 Å². The van der Waals surface area contributed by atoms with E-state index in [4.69, 9.17) is 9.47 Å². The maximum absolute atomic E-state index is 12.5. The second kappa shape index (κ2) is 8.48. The molecule has 1 aromatic heterocycles. The first-order valence-corrected chi connectivity index (χ1v) is 9.28. The third-order valence-corrected chi connectivity index (χ3v) is 4.66. The number of carbonyl (C=O) groups excluding carboxylic acids is 1. The number of aromatic nitrogens is 2. The number of methoxy groups -OCH3 is 2. The van der Waals surface area contributed by atoms with Gasteiger partial charge in [-0.05, 0) is 40.6 Å². The molecule has 0 saturated carbocycles. The number of rotatable bonds is 6. The number of benzene rings is 3. The zero-order chi connectivity index (χ0) is 20.9. The van der Waals surface area contributed by atoms with E-state index in [1.54, 1.807) is 26.5 Å². The maximum Gasteiger partial charge on any atom is 0.289 e. The number of fused-ring (bicyclic) bond motifs is 1. The highest BCUT2D eigenvalue weighted by Gasteiger charge is 2.16. The molecule has 4 rings (SSSR count). The minimum absolute atomic E-state index is 0.294. The van der Waals surface area contributed by atoms with Crippen LogP contribution < -0.4 is 14.9 Å². The highest BCUT2D eigenvalue weighted by molar-refractivity contribution is 6.00. The van der Waals surface area contributed by atoms with E-state index in [0.717, 1.165) is 21.9 Å². The fourth-order valence-corrected chi connectivity index (χ4v) is 3.20. The molecule has 0 aliphatic carbocycles. The monoisotopic (exact) mass is 400 g/mol. The van der Waals surface area contributed by atoms with E-state index in [1.165, 1.54) is 0 Å². The molecule has 0 fully saturated rings. The van der Waals surface area contributed by atoms with E-state index in [0.29, 0.717) is 22.9 Å². The fraction of sp³-hybridized carbons (Fsp3) is 0.0870. The molecule has 150 valence electrons. The Kier molecular flexibility index (Phi) is 5.43. The maximum atomic E-state index is 12.5. The molecule has 0 radical (unpaired) electrons. The predicted molar refractivity (Wildman–Crippen MR) is 116 cm³/mol. The Morgan fingerprint density at radius 3 is 2.73 bits per heavy atom. The Bertz CT molecular complexity index is 1230. The Balaban J connectivity index is 1.56. The van der Waals surface area contributed by atoms with Crippen LogP contribution in [-0.4, -0.2) is 36.5 Å². The average molecular weight is 400 g/mol. The summed E-state index contributed by atoms with van der Waals surface area (Å²) in [6.45, 7) is 0. The van der Waals surface area contributed by atoms with Crippen LogP contribution in [0.5, 0.6) is 11.5 Å². The summed E-state index contributed by atoms with van der Waals surface area (Å²) in [7, 11) is 3.21. The van der Waals surface area contributed by atoms with Crippen LogP contribution in [-0.2, 0) is 0 Å². The number of nitrogens with zero attached hydrogens (tertiary/aromatic N) is 2. The number of aromatic amines is 1. The van der Waals surface area contributed by atoms with Gasteiger partial charge in [-0.1, -0.05) is 42.5 Å². The number of hydrogen-bond acceptors (Lipinski definition) is 5. The van der Waals surface area contributed by atoms with Crippen LogP contribution in [0.1, 0.15) is 16.1 Å². The number of amides is 1. The molecule has 0 bridgehead atoms. The molecule has 0 atom stereocenters. The third-order valence-electron chi connectivity index (χ3n) is 4.66. The van der Waals surface area contributed by atoms with E-state index in [-0.39, 0.29) is 0 Å². The van der Waals surface area contributed by atoms with E-state index in [1.807, 2.05) is 60.7 Å². The van der Waals surface area contributed by atoms with Crippen molar-refractivity contribution < 1.29 is 14.3 Å². The molecule has 1 heterocycles. The molecule has 0 unspecified atom stereocenters. The van der Waals surface area contributed by atoms with Gasteiger partial charge in [0.05, 0.1) is 31.7 Å². The van der Waals surface area contributed by atoms with Gasteiger partial charge in [0.2, 0.25) is 0 Å². The number of nitrogens with one attached hydrogen (secondary N) is 2. The summed E-state index contributed by atoms with van der Waals surface area (Å²) in [5.41, 5.74) is 5.04. The molecule has 3 aromatic carbocycles. The zero-order valence-corrected chi connectivity index (χ0v) is 16.5. The number of H-pyrrole nitrogens is 1. The van der Waals surface area contributed by atoms with Crippen LogP contribution in [0.25, 0.3) is 22.0 Å². The number of ether oxygens (including phenoxy) is 2. The first kappa shape index (κ1) is 19.2. The third kappa shape index (κ3) is 3.86. The molecular formula is C23H20N4O3. The number of hydrazone groups is 1. The van der Waals surface area contributed by atoms with Gasteiger partial charge in [-0.25, -0.2) is 5.43 Å². The summed E-state index contributed by atoms with van der Waals surface area (Å²) < 4.78 is 10.7. The standard InChI is InChI=1S/C23H20N4O3/c1-29-17-8-5-6-15(12-17)14-24-27-23(28)20-13-19(25-26-20)22-18-9-4-3-7-16(18)10-11-21(22)30-2/h3-14H,1-2H3,(H,25,26)(H,27,28). The molecule has 1 amide bonds. The van der Waals surface area contributed by atoms with Crippen LogP contribution >= 0.6 is 0 Å². The molecule has 4 aromatic rings. The van der Waals surface area contributed by atoms with Gasteiger partial charge < -0.3 is 9.47 Å². The quantitative estimate of drug-likeness (QED) is 0.378. The van der Waals surface area contributed by atoms with Crippen LogP contribution in [0.4, 0.5) is 0 Å². The van der Waals surface area contributed by atoms with Crippen LogP contribution in [0.15, 0.2) is 71.8 Å². The van der Waals surface area contributed by atoms with Crippen molar-refractivity contribution in [1.29, 1.82) is 0 Å². The van der Waals surface area contributed by atoms with E-state index in [2.05, 4.69) is 20.7 Å². The summed E-state index contributed by atoms with van der Waals surface area (Å²) >= 11 is 0. The Hall–Kier alpha value is -4.13. The lowest BCUT2D eigenvalue weighted by molar-refractivity contribution is 0.0950. The fourth-order valence-electron chi connectivity index (χ4n) is 3.20. The second-order valence-corrected chi connectivity index (χ2v) is 6.51. The van der Waals surface area contributed by atoms with E-state index < -0.39 is 5.91 Å². The summed E-state index contributed by atoms with van der Waals surface area (Å²) in [6, 6.07) is 20.9. The van der Waals surface area contributed by atoms with Crippen molar-refractivity contribution in [2.24, 2.45) is 5.10 Å². The normalized spacial score (nSPS) is 11.0. The van der Waals surface area contributed by atoms with Crippen LogP contribution in [0.3, 0.4) is 0 Å². The second-order valence-electron chi connectivity index (χ2n) is 6.51. The SMILES string of the molecule is COc1cccc(C=NNC(=O)c2cc(-c3c(OC)ccc4ccccc34)n[nH]2)c1. The van der Waals surface area contributed by atoms with Gasteiger partial charge in [0.25, 0.3) is 5.91 Å². The van der Waals surface area contributed by atoms with Gasteiger partial charge in [0, 0.05) is 0 Å². The topological polar surface area (TPSA) is 88.6 Å². The average Bonchev–Trinajstić information content (AvgIpc) is 3.28. The Labute approximate surface area is 173 Å². The molecule has 2 N–H and O–H groups in total. The van der Waals surface area contributed by atoms with E-state index >= 15 is 0 Å². The molecular weight excluding hydrogens is 380 g/mol. The minimum atomic E-state index is -0.396. The lowest BCUT2D eigenvalue weighted by Crippen LogP contribution is -2.18. The largest absolute Gasteiger partial charge is 0.497 e. The summed E-state index contributed by atoms with van der Waals surface area (Å²) in [5.74, 6) is 1.00. The van der Waals surface area contributed by atoms with E-state index in [9.17, 15) is 4.79 Å². The first-order chi connectivity index (χ1) is 14.7. The van der Waals surface area contributed by atoms with Crippen molar-refractivity contribution in [2.75, 3.05) is 14.2 Å². The number of carbonyl (C=O) groups is 1. The lowest BCUT2D eigenvalue weighted by Gasteiger charge is -2.09. The highest BCUT2D eigenvalue weighted by atomic mass is 16.5. The molecule has 0 aliphatic rings. The van der Waals surface area contributed by atoms with Gasteiger partial charge in [0.1, 0.15) is 17.2 Å². The van der Waals surface area contributed by atoms with Gasteiger partial charge >= 0.3 is 0 Å². The van der Waals surface area contributed by atoms with Crippen molar-refractivity contribution in [1.82, 2.24) is 15.6 Å². The summed E-state index contributed by atoms with van der Waals surface area (Å²) in [5, 5.41) is 13.2. The molecule has 7 nitrogen and oxygen atoms in total. The molecule has 0 saturated heterocycles. The summed E-state index contributed by atoms with van der Waals surface area (Å²) in [6.07, 6.45) is 1.55. The highest BCUT2D eigenvalue weighted by Crippen LogP contribution is 2.36. The minimum Gasteiger partial charge on any atom is -0.497 e. The van der Waals surface area contributed by atoms with Crippen LogP contribution in [0, 0.1) is 0 Å². The molecule has 30 heavy (non-hydrogen) atoms. The zero-order valence-electron chi connectivity index (χ0n) is 16.5. The van der Waals surface area contributed by atoms with Gasteiger partial charge in [-0.2, -0.15) is 10.2 Å². The van der Waals surface area contributed by atoms with Crippen molar-refractivity contribution in [3.63, 3.8) is 0 Å². The summed E-state index contributed by atoms with van der Waals surface area (Å²) in [4.78, 5) is 12.5. The first-order valence-electron chi connectivity index (χ1n) is 9.28. The van der Waals surface area contributed by atoms with Gasteiger partial charge in [-0.15, -0.1) is 0 Å². The lowest BCUT2D eigenvalue weighted by atomic mass is 10.0. The predicted octanol–water partition coefficient (Wildman–Crippen LogP) is 4.01. The van der Waals surface area contributed by atoms with Gasteiger partial charge in [0.15, 0.2) is 0 Å². The molecule has 0 aliphatic heterocycles. The van der Waals surface area contributed by atoms with Crippen molar-refractivity contribution >= 4 is 22.9 Å².